The first-order valence-corrected chi connectivity index (χ1v) is 5.43. The molecule has 0 radical (unpaired) electrons. The number of benzene rings is 2. The lowest BCUT2D eigenvalue weighted by atomic mass is 10.2. The van der Waals surface area contributed by atoms with E-state index in [0.29, 0.717) is 18.0 Å². The van der Waals surface area contributed by atoms with Gasteiger partial charge in [0.2, 0.25) is 0 Å². The normalized spacial score (nSPS) is 9.44. The predicted octanol–water partition coefficient (Wildman–Crippen LogP) is 3.37. The molecular formula is C14H16ClNO2. The molecule has 0 bridgehead atoms. The van der Waals surface area contributed by atoms with Gasteiger partial charge in [0, 0.05) is 6.54 Å². The van der Waals surface area contributed by atoms with Crippen LogP contribution in [-0.2, 0) is 6.54 Å². The molecule has 2 N–H and O–H groups in total. The number of ether oxygens (including phenoxy) is 2. The van der Waals surface area contributed by atoms with Crippen LogP contribution < -0.4 is 15.2 Å². The summed E-state index contributed by atoms with van der Waals surface area (Å²) in [7, 11) is 1.62. The second kappa shape index (κ2) is 6.89. The summed E-state index contributed by atoms with van der Waals surface area (Å²) < 4.78 is 11.0. The van der Waals surface area contributed by atoms with Gasteiger partial charge < -0.3 is 15.2 Å². The molecule has 0 aromatic heterocycles. The largest absolute Gasteiger partial charge is 0.493 e. The number of hydrogen-bond donors (Lipinski definition) is 1. The smallest absolute Gasteiger partial charge is 0.169 e. The van der Waals surface area contributed by atoms with E-state index in [4.69, 9.17) is 15.2 Å². The van der Waals surface area contributed by atoms with Crippen LogP contribution in [0, 0.1) is 0 Å². The maximum absolute atomic E-state index is 5.76. The third-order valence-corrected chi connectivity index (χ3v) is 2.43. The molecule has 2 aromatic carbocycles. The summed E-state index contributed by atoms with van der Waals surface area (Å²) in [5, 5.41) is 0. The van der Waals surface area contributed by atoms with Gasteiger partial charge in [0.25, 0.3) is 0 Å². The minimum absolute atomic E-state index is 0. The number of methoxy groups -OCH3 is 1. The zero-order valence-electron chi connectivity index (χ0n) is 10.1. The quantitative estimate of drug-likeness (QED) is 0.922. The minimum Gasteiger partial charge on any atom is -0.493 e. The molecule has 2 aromatic rings. The van der Waals surface area contributed by atoms with Gasteiger partial charge in [0.15, 0.2) is 11.5 Å². The second-order valence-corrected chi connectivity index (χ2v) is 3.60. The van der Waals surface area contributed by atoms with Crippen LogP contribution >= 0.6 is 12.4 Å². The highest BCUT2D eigenvalue weighted by molar-refractivity contribution is 5.85. The van der Waals surface area contributed by atoms with Crippen LogP contribution in [0.1, 0.15) is 5.56 Å². The Balaban J connectivity index is 0.00000162. The fourth-order valence-electron chi connectivity index (χ4n) is 1.57. The SMILES string of the molecule is COc1ccccc1Oc1cccc(CN)c1.Cl. The zero-order valence-corrected chi connectivity index (χ0v) is 10.9. The Hall–Kier alpha value is -1.71. The van der Waals surface area contributed by atoms with Crippen LogP contribution in [0.2, 0.25) is 0 Å². The number of hydrogen-bond acceptors (Lipinski definition) is 3. The van der Waals surface area contributed by atoms with Crippen molar-refractivity contribution in [2.45, 2.75) is 6.54 Å². The van der Waals surface area contributed by atoms with Gasteiger partial charge in [-0.05, 0) is 29.8 Å². The van der Waals surface area contributed by atoms with Crippen molar-refractivity contribution in [1.29, 1.82) is 0 Å². The van der Waals surface area contributed by atoms with Crippen LogP contribution in [-0.4, -0.2) is 7.11 Å². The highest BCUT2D eigenvalue weighted by Crippen LogP contribution is 2.30. The molecule has 0 spiro atoms. The molecule has 96 valence electrons. The first-order valence-electron chi connectivity index (χ1n) is 5.43. The molecule has 0 amide bonds. The van der Waals surface area contributed by atoms with Gasteiger partial charge in [-0.15, -0.1) is 12.4 Å². The predicted molar refractivity (Wildman–Crippen MR) is 74.6 cm³/mol. The first kappa shape index (κ1) is 14.4. The summed E-state index contributed by atoms with van der Waals surface area (Å²) in [6, 6.07) is 15.3. The Morgan fingerprint density at radius 2 is 1.72 bits per heavy atom. The van der Waals surface area contributed by atoms with E-state index in [-0.39, 0.29) is 12.4 Å². The van der Waals surface area contributed by atoms with Crippen LogP contribution in [0.3, 0.4) is 0 Å². The van der Waals surface area contributed by atoms with Gasteiger partial charge in [0.05, 0.1) is 7.11 Å². The van der Waals surface area contributed by atoms with Crippen LogP contribution in [0.4, 0.5) is 0 Å². The summed E-state index contributed by atoms with van der Waals surface area (Å²) in [5.41, 5.74) is 6.63. The summed E-state index contributed by atoms with van der Waals surface area (Å²) in [6.45, 7) is 0.503. The topological polar surface area (TPSA) is 44.5 Å². The molecule has 4 heteroatoms. The maximum Gasteiger partial charge on any atom is 0.169 e. The molecule has 2 rings (SSSR count). The Morgan fingerprint density at radius 1 is 1.00 bits per heavy atom. The molecule has 0 aliphatic heterocycles. The molecule has 0 aliphatic carbocycles. The van der Waals surface area contributed by atoms with E-state index >= 15 is 0 Å². The van der Waals surface area contributed by atoms with E-state index in [9.17, 15) is 0 Å². The van der Waals surface area contributed by atoms with Gasteiger partial charge in [0.1, 0.15) is 5.75 Å². The zero-order chi connectivity index (χ0) is 12.1. The molecule has 0 heterocycles. The molecular weight excluding hydrogens is 250 g/mol. The lowest BCUT2D eigenvalue weighted by Gasteiger charge is -2.10. The van der Waals surface area contributed by atoms with Gasteiger partial charge in [-0.2, -0.15) is 0 Å². The summed E-state index contributed by atoms with van der Waals surface area (Å²) in [6.07, 6.45) is 0. The minimum atomic E-state index is 0. The highest BCUT2D eigenvalue weighted by Gasteiger charge is 2.04. The number of nitrogens with two attached hydrogens (primary N) is 1. The van der Waals surface area contributed by atoms with Crippen LogP contribution in [0.5, 0.6) is 17.2 Å². The summed E-state index contributed by atoms with van der Waals surface area (Å²) >= 11 is 0. The average molecular weight is 266 g/mol. The molecule has 0 saturated carbocycles. The van der Waals surface area contributed by atoms with Gasteiger partial charge in [-0.25, -0.2) is 0 Å². The van der Waals surface area contributed by atoms with E-state index in [1.807, 2.05) is 48.5 Å². The Labute approximate surface area is 113 Å². The fraction of sp³-hybridized carbons (Fsp3) is 0.143. The average Bonchev–Trinajstić information content (AvgIpc) is 2.39. The van der Waals surface area contributed by atoms with Gasteiger partial charge >= 0.3 is 0 Å². The van der Waals surface area contributed by atoms with E-state index in [0.717, 1.165) is 11.3 Å². The molecule has 0 aliphatic rings. The first-order chi connectivity index (χ1) is 8.33. The van der Waals surface area contributed by atoms with E-state index < -0.39 is 0 Å². The van der Waals surface area contributed by atoms with Gasteiger partial charge in [-0.3, -0.25) is 0 Å². The summed E-state index contributed by atoms with van der Waals surface area (Å²) in [5.74, 6) is 2.17. The van der Waals surface area contributed by atoms with Crippen molar-refractivity contribution in [3.05, 3.63) is 54.1 Å². The lowest BCUT2D eigenvalue weighted by molar-refractivity contribution is 0.379. The molecule has 0 fully saturated rings. The third-order valence-electron chi connectivity index (χ3n) is 2.43. The van der Waals surface area contributed by atoms with Crippen molar-refractivity contribution in [2.75, 3.05) is 7.11 Å². The second-order valence-electron chi connectivity index (χ2n) is 3.60. The van der Waals surface area contributed by atoms with Crippen molar-refractivity contribution in [3.63, 3.8) is 0 Å². The van der Waals surface area contributed by atoms with Crippen LogP contribution in [0.25, 0.3) is 0 Å². The number of rotatable bonds is 4. The van der Waals surface area contributed by atoms with E-state index in [1.165, 1.54) is 0 Å². The Kier molecular flexibility index (Phi) is 5.49. The van der Waals surface area contributed by atoms with Gasteiger partial charge in [-0.1, -0.05) is 24.3 Å². The van der Waals surface area contributed by atoms with Crippen molar-refractivity contribution in [2.24, 2.45) is 5.73 Å². The Bertz CT molecular complexity index is 503. The van der Waals surface area contributed by atoms with Crippen molar-refractivity contribution >= 4 is 12.4 Å². The Morgan fingerprint density at radius 3 is 2.39 bits per heavy atom. The van der Waals surface area contributed by atoms with Crippen molar-refractivity contribution in [3.8, 4) is 17.2 Å². The number of para-hydroxylation sites is 2. The van der Waals surface area contributed by atoms with E-state index in [2.05, 4.69) is 0 Å². The molecule has 18 heavy (non-hydrogen) atoms. The molecule has 0 unspecified atom stereocenters. The van der Waals surface area contributed by atoms with Crippen LogP contribution in [0.15, 0.2) is 48.5 Å². The maximum atomic E-state index is 5.76. The van der Waals surface area contributed by atoms with Crippen molar-refractivity contribution < 1.29 is 9.47 Å². The summed E-state index contributed by atoms with van der Waals surface area (Å²) in [4.78, 5) is 0. The standard InChI is InChI=1S/C14H15NO2.ClH/c1-16-13-7-2-3-8-14(13)17-12-6-4-5-11(9-12)10-15;/h2-9H,10,15H2,1H3;1H. The molecule has 0 saturated heterocycles. The number of halogens is 1. The fourth-order valence-corrected chi connectivity index (χ4v) is 1.57. The molecule has 0 atom stereocenters. The monoisotopic (exact) mass is 265 g/mol. The van der Waals surface area contributed by atoms with Crippen molar-refractivity contribution in [1.82, 2.24) is 0 Å². The third kappa shape index (κ3) is 3.39. The van der Waals surface area contributed by atoms with E-state index in [1.54, 1.807) is 7.11 Å². The highest BCUT2D eigenvalue weighted by atomic mass is 35.5. The lowest BCUT2D eigenvalue weighted by Crippen LogP contribution is -1.96. The molecule has 3 nitrogen and oxygen atoms in total.